The fourth-order valence-corrected chi connectivity index (χ4v) is 4.70. The van der Waals surface area contributed by atoms with Crippen molar-refractivity contribution in [3.05, 3.63) is 47.2 Å². The first kappa shape index (κ1) is 32.4. The van der Waals surface area contributed by atoms with Gasteiger partial charge in [0, 0.05) is 30.2 Å². The van der Waals surface area contributed by atoms with Crippen LogP contribution in [0.4, 0.5) is 5.69 Å². The second kappa shape index (κ2) is 13.3. The quantitative estimate of drug-likeness (QED) is 0.107. The molecule has 1 aromatic rings. The molecule has 0 radical (unpaired) electrons. The van der Waals surface area contributed by atoms with E-state index in [1.54, 1.807) is 32.1 Å². The Bertz CT molecular complexity index is 1410. The van der Waals surface area contributed by atoms with E-state index in [2.05, 4.69) is 4.99 Å². The van der Waals surface area contributed by atoms with Crippen molar-refractivity contribution in [3.8, 4) is 0 Å². The van der Waals surface area contributed by atoms with Crippen LogP contribution in [0.15, 0.2) is 45.9 Å². The average Bonchev–Trinajstić information content (AvgIpc) is 2.72. The molecule has 0 saturated carbocycles. The molecule has 208 valence electrons. The Morgan fingerprint density at radius 2 is 1.54 bits per heavy atom. The van der Waals surface area contributed by atoms with Crippen LogP contribution >= 0.6 is 0 Å². The molecule has 16 heteroatoms. The molecule has 0 bridgehead atoms. The molecule has 37 heavy (non-hydrogen) atoms. The highest BCUT2D eigenvalue weighted by molar-refractivity contribution is 7.86. The lowest BCUT2D eigenvalue weighted by molar-refractivity contribution is 0.0695. The molecule has 0 heterocycles. The minimum atomic E-state index is -4.78. The first-order valence-electron chi connectivity index (χ1n) is 10.7. The zero-order valence-electron chi connectivity index (χ0n) is 20.4. The summed E-state index contributed by atoms with van der Waals surface area (Å²) in [6.07, 6.45) is 4.73. The van der Waals surface area contributed by atoms with Gasteiger partial charge in [0.15, 0.2) is 0 Å². The van der Waals surface area contributed by atoms with Crippen molar-refractivity contribution in [2.45, 2.75) is 38.5 Å². The van der Waals surface area contributed by atoms with Gasteiger partial charge in [-0.1, -0.05) is 6.08 Å². The van der Waals surface area contributed by atoms with Crippen LogP contribution in [0.25, 0.3) is 0 Å². The molecule has 0 fully saturated rings. The molecule has 0 spiro atoms. The minimum Gasteiger partial charge on any atom is -0.478 e. The van der Waals surface area contributed by atoms with E-state index in [-0.39, 0.29) is 42.7 Å². The summed E-state index contributed by atoms with van der Waals surface area (Å²) >= 11 is 0. The topological polar surface area (TPSA) is 216 Å². The van der Waals surface area contributed by atoms with Crippen LogP contribution in [0.1, 0.15) is 42.6 Å². The van der Waals surface area contributed by atoms with Gasteiger partial charge in [-0.25, -0.2) is 4.79 Å². The first-order chi connectivity index (χ1) is 16.8. The predicted molar refractivity (Wildman–Crippen MR) is 138 cm³/mol. The van der Waals surface area contributed by atoms with Crippen molar-refractivity contribution in [2.75, 3.05) is 29.5 Å². The molecular weight excluding hydrogens is 552 g/mol. The molecule has 1 rings (SSSR count). The van der Waals surface area contributed by atoms with Crippen molar-refractivity contribution < 1.29 is 48.8 Å². The van der Waals surface area contributed by atoms with Gasteiger partial charge in [-0.2, -0.15) is 25.3 Å². The van der Waals surface area contributed by atoms with Crippen molar-refractivity contribution in [1.82, 2.24) is 0 Å². The maximum atomic E-state index is 11.8. The van der Waals surface area contributed by atoms with Gasteiger partial charge < -0.3 is 10.0 Å². The third kappa shape index (κ3) is 12.0. The van der Waals surface area contributed by atoms with E-state index in [1.165, 1.54) is 11.8 Å². The van der Waals surface area contributed by atoms with Crippen LogP contribution in [0, 0.1) is 6.92 Å². The van der Waals surface area contributed by atoms with E-state index in [0.29, 0.717) is 11.4 Å². The van der Waals surface area contributed by atoms with E-state index in [0.717, 1.165) is 12.1 Å². The Kier molecular flexibility index (Phi) is 11.6. The molecule has 1 aromatic carbocycles. The van der Waals surface area contributed by atoms with Gasteiger partial charge in [0.25, 0.3) is 30.4 Å². The normalized spacial score (nSPS) is 13.8. The Balaban J connectivity index is 3.40. The summed E-state index contributed by atoms with van der Waals surface area (Å²) in [6.45, 7) is 4.76. The Morgan fingerprint density at radius 3 is 2.05 bits per heavy atom. The van der Waals surface area contributed by atoms with Gasteiger partial charge in [-0.05, 0) is 63.5 Å². The number of aliphatic imine (C=N–C) groups is 1. The predicted octanol–water partition coefficient (Wildman–Crippen LogP) is 2.22. The van der Waals surface area contributed by atoms with Crippen molar-refractivity contribution in [2.24, 2.45) is 4.99 Å². The molecule has 4 N–H and O–H groups in total. The summed E-state index contributed by atoms with van der Waals surface area (Å²) in [5.74, 6) is -2.47. The number of carbonyl (C=O) groups is 1. The smallest absolute Gasteiger partial charge is 0.336 e. The molecule has 0 aliphatic rings. The number of anilines is 1. The molecule has 0 amide bonds. The van der Waals surface area contributed by atoms with Gasteiger partial charge in [-0.15, -0.1) is 0 Å². The van der Waals surface area contributed by atoms with E-state index in [4.69, 9.17) is 9.11 Å². The number of carboxylic acids is 1. The minimum absolute atomic E-state index is 0.0620. The monoisotopic (exact) mass is 582 g/mol. The average molecular weight is 583 g/mol. The van der Waals surface area contributed by atoms with Crippen LogP contribution in [0.5, 0.6) is 0 Å². The van der Waals surface area contributed by atoms with Crippen LogP contribution < -0.4 is 4.90 Å². The number of carboxylic acid groups (broad SMARTS) is 1. The van der Waals surface area contributed by atoms with Crippen LogP contribution in [-0.2, 0) is 30.4 Å². The molecule has 0 aliphatic carbocycles. The standard InChI is InChI=1S/C21H30N2O11S3/c1-15(22-9-5-11-35(26,27)28)7-4-8-16(2)23(10-6-12-36(29,30)31)20-14-18(37(32,33)34)13-19(17(20)3)21(24)25/h4,7-8,13-14H,5-6,9-12H2,1-3H3,(H,24,25)(H,26,27,28)(H,29,30,31)(H,32,33,34)/b7-4+,16-8+,22-15-. The maximum absolute atomic E-state index is 11.8. The highest BCUT2D eigenvalue weighted by Crippen LogP contribution is 2.30. The molecule has 13 nitrogen and oxygen atoms in total. The van der Waals surface area contributed by atoms with Gasteiger partial charge in [0.2, 0.25) is 0 Å². The second-order valence-electron chi connectivity index (χ2n) is 8.02. The van der Waals surface area contributed by atoms with Gasteiger partial charge >= 0.3 is 5.97 Å². The Morgan fingerprint density at radius 1 is 0.973 bits per heavy atom. The fraction of sp³-hybridized carbons (Fsp3) is 0.429. The van der Waals surface area contributed by atoms with E-state index < -0.39 is 52.7 Å². The number of hydrogen-bond donors (Lipinski definition) is 4. The van der Waals surface area contributed by atoms with Gasteiger partial charge in [-0.3, -0.25) is 18.7 Å². The largest absolute Gasteiger partial charge is 0.478 e. The third-order valence-electron chi connectivity index (χ3n) is 4.98. The number of nitrogens with zero attached hydrogens (tertiary/aromatic N) is 2. The zero-order valence-corrected chi connectivity index (χ0v) is 22.8. The van der Waals surface area contributed by atoms with Crippen LogP contribution in [-0.4, -0.2) is 80.3 Å². The third-order valence-corrected chi connectivity index (χ3v) is 7.42. The van der Waals surface area contributed by atoms with Crippen LogP contribution in [0.3, 0.4) is 0 Å². The number of allylic oxidation sites excluding steroid dienone is 4. The number of rotatable bonds is 14. The van der Waals surface area contributed by atoms with E-state index in [1.807, 2.05) is 0 Å². The highest BCUT2D eigenvalue weighted by atomic mass is 32.2. The number of hydrogen-bond acceptors (Lipinski definition) is 9. The molecule has 0 unspecified atom stereocenters. The molecule has 0 aliphatic heterocycles. The molecule has 0 aromatic heterocycles. The maximum Gasteiger partial charge on any atom is 0.336 e. The lowest BCUT2D eigenvalue weighted by Crippen LogP contribution is -2.26. The van der Waals surface area contributed by atoms with E-state index in [9.17, 15) is 39.7 Å². The summed E-state index contributed by atoms with van der Waals surface area (Å²) in [6, 6.07) is 1.88. The van der Waals surface area contributed by atoms with Crippen molar-refractivity contribution >= 4 is 47.7 Å². The zero-order chi connectivity index (χ0) is 28.6. The summed E-state index contributed by atoms with van der Waals surface area (Å²) in [5, 5.41) is 9.53. The fourth-order valence-electron chi connectivity index (χ4n) is 3.19. The van der Waals surface area contributed by atoms with E-state index >= 15 is 0 Å². The SMILES string of the molecule is CC(/C=C/C=C(\C)N(CCCS(=O)(=O)O)c1cc(S(=O)(=O)O)cc(C(=O)O)c1C)=N/CCCS(=O)(=O)O. The lowest BCUT2D eigenvalue weighted by atomic mass is 10.0. The Hall–Kier alpha value is -2.63. The summed E-state index contributed by atoms with van der Waals surface area (Å²) in [7, 11) is -13.1. The van der Waals surface area contributed by atoms with Crippen molar-refractivity contribution in [1.29, 1.82) is 0 Å². The molecule has 0 atom stereocenters. The molecule has 0 saturated heterocycles. The number of benzene rings is 1. The summed E-state index contributed by atoms with van der Waals surface area (Å²) in [5.41, 5.74) is 0.800. The molecular formula is C21H30N2O11S3. The number of aromatic carboxylic acids is 1. The second-order valence-corrected chi connectivity index (χ2v) is 12.6. The van der Waals surface area contributed by atoms with Crippen molar-refractivity contribution in [3.63, 3.8) is 0 Å². The Labute approximate surface area is 216 Å². The lowest BCUT2D eigenvalue weighted by Gasteiger charge is -2.28. The summed E-state index contributed by atoms with van der Waals surface area (Å²) < 4.78 is 94.7. The van der Waals surface area contributed by atoms with Crippen LogP contribution in [0.2, 0.25) is 0 Å². The summed E-state index contributed by atoms with van der Waals surface area (Å²) in [4.78, 5) is 16.6. The first-order valence-corrected chi connectivity index (χ1v) is 15.4. The van der Waals surface area contributed by atoms with Gasteiger partial charge in [0.05, 0.1) is 22.0 Å². The van der Waals surface area contributed by atoms with Gasteiger partial charge in [0.1, 0.15) is 0 Å². The highest BCUT2D eigenvalue weighted by Gasteiger charge is 2.23.